The van der Waals surface area contributed by atoms with E-state index in [0.29, 0.717) is 23.9 Å². The molecule has 176 valence electrons. The zero-order valence-corrected chi connectivity index (χ0v) is 21.4. The Bertz CT molecular complexity index is 946. The number of carbonyl (C=O) groups excluding carboxylic acids is 1. The maximum atomic E-state index is 12.6. The van der Waals surface area contributed by atoms with Gasteiger partial charge in [0.05, 0.1) is 0 Å². The lowest BCUT2D eigenvalue weighted by Crippen LogP contribution is -2.33. The Kier molecular flexibility index (Phi) is 12.4. The first kappa shape index (κ1) is 27.2. The topological polar surface area (TPSA) is 29.1 Å². The number of rotatable bonds is 8. The summed E-state index contributed by atoms with van der Waals surface area (Å²) in [6.45, 7) is 6.18. The quantitative estimate of drug-likeness (QED) is 0.218. The summed E-state index contributed by atoms with van der Waals surface area (Å²) in [6.07, 6.45) is 10.1. The number of benzene rings is 2. The Morgan fingerprint density at radius 1 is 1.03 bits per heavy atom. The third kappa shape index (κ3) is 9.04. The normalized spacial score (nSPS) is 15.7. The van der Waals surface area contributed by atoms with Gasteiger partial charge in [-0.3, -0.25) is 4.79 Å². The van der Waals surface area contributed by atoms with Gasteiger partial charge in [-0.2, -0.15) is 0 Å². The van der Waals surface area contributed by atoms with Crippen molar-refractivity contribution in [3.8, 4) is 0 Å². The van der Waals surface area contributed by atoms with Crippen molar-refractivity contribution >= 4 is 51.9 Å². The zero-order chi connectivity index (χ0) is 24.1. The van der Waals surface area contributed by atoms with Crippen molar-refractivity contribution in [1.82, 2.24) is 5.32 Å². The van der Waals surface area contributed by atoms with Crippen LogP contribution in [0, 0.1) is 5.92 Å². The number of halogens is 3. The summed E-state index contributed by atoms with van der Waals surface area (Å²) in [7, 11) is 0. The molecule has 5 heteroatoms. The lowest BCUT2D eigenvalue weighted by Gasteiger charge is -2.27. The van der Waals surface area contributed by atoms with E-state index in [0.717, 1.165) is 41.8 Å². The Morgan fingerprint density at radius 3 is 2.09 bits per heavy atom. The van der Waals surface area contributed by atoms with Gasteiger partial charge in [0.2, 0.25) is 5.91 Å². The molecule has 1 unspecified atom stereocenters. The molecule has 0 aliphatic heterocycles. The molecule has 0 aromatic heterocycles. The van der Waals surface area contributed by atoms with Gasteiger partial charge >= 0.3 is 0 Å². The minimum atomic E-state index is -0.0259. The van der Waals surface area contributed by atoms with Crippen LogP contribution >= 0.6 is 34.8 Å². The highest BCUT2D eigenvalue weighted by Gasteiger charge is 2.27. The van der Waals surface area contributed by atoms with Gasteiger partial charge in [0, 0.05) is 28.4 Å². The second-order valence-corrected chi connectivity index (χ2v) is 9.09. The molecule has 0 bridgehead atoms. The minimum Gasteiger partial charge on any atom is -0.356 e. The van der Waals surface area contributed by atoms with Crippen LogP contribution in [-0.4, -0.2) is 18.3 Å². The van der Waals surface area contributed by atoms with E-state index in [-0.39, 0.29) is 11.8 Å². The van der Waals surface area contributed by atoms with Crippen LogP contribution in [0.1, 0.15) is 50.2 Å². The van der Waals surface area contributed by atoms with Gasteiger partial charge in [-0.25, -0.2) is 0 Å². The van der Waals surface area contributed by atoms with E-state index in [1.165, 1.54) is 11.1 Å². The van der Waals surface area contributed by atoms with Gasteiger partial charge in [-0.1, -0.05) is 65.7 Å². The third-order valence-corrected chi connectivity index (χ3v) is 6.23. The fraction of sp³-hybridized carbons (Fsp3) is 0.321. The van der Waals surface area contributed by atoms with E-state index in [1.807, 2.05) is 55.5 Å². The Morgan fingerprint density at radius 2 is 1.61 bits per heavy atom. The maximum Gasteiger partial charge on any atom is 0.223 e. The third-order valence-electron chi connectivity index (χ3n) is 5.46. The van der Waals surface area contributed by atoms with Crippen molar-refractivity contribution < 1.29 is 4.79 Å². The lowest BCUT2D eigenvalue weighted by molar-refractivity contribution is -0.125. The Labute approximate surface area is 213 Å². The molecular weight excluding hydrogens is 473 g/mol. The largest absolute Gasteiger partial charge is 0.356 e. The number of carbonyl (C=O) groups is 1. The molecule has 0 heterocycles. The van der Waals surface area contributed by atoms with E-state index in [2.05, 4.69) is 30.1 Å². The first-order valence-electron chi connectivity index (χ1n) is 11.3. The van der Waals surface area contributed by atoms with Crippen LogP contribution in [0.4, 0.5) is 0 Å². The molecule has 0 saturated heterocycles. The maximum absolute atomic E-state index is 12.6. The highest BCUT2D eigenvalue weighted by atomic mass is 35.5. The molecule has 1 amide bonds. The number of alkyl halides is 1. The van der Waals surface area contributed by atoms with Gasteiger partial charge in [-0.05, 0) is 85.6 Å². The van der Waals surface area contributed by atoms with Crippen LogP contribution < -0.4 is 5.32 Å². The van der Waals surface area contributed by atoms with Gasteiger partial charge in [0.1, 0.15) is 0 Å². The van der Waals surface area contributed by atoms with E-state index in [1.54, 1.807) is 0 Å². The average molecular weight is 505 g/mol. The number of nitrogens with one attached hydrogen (secondary N) is 1. The van der Waals surface area contributed by atoms with Crippen molar-refractivity contribution in [3.63, 3.8) is 0 Å². The number of hydrogen-bond acceptors (Lipinski definition) is 1. The number of hydrogen-bond donors (Lipinski definition) is 1. The summed E-state index contributed by atoms with van der Waals surface area (Å²) in [4.78, 5) is 12.6. The van der Waals surface area contributed by atoms with E-state index < -0.39 is 0 Å². The molecule has 33 heavy (non-hydrogen) atoms. The van der Waals surface area contributed by atoms with Crippen LogP contribution in [0.3, 0.4) is 0 Å². The molecular formula is C28H32Cl3NO. The minimum absolute atomic E-state index is 0.0259. The van der Waals surface area contributed by atoms with Gasteiger partial charge < -0.3 is 5.32 Å². The van der Waals surface area contributed by atoms with Crippen molar-refractivity contribution in [3.05, 3.63) is 94.5 Å². The second kappa shape index (κ2) is 15.0. The zero-order valence-electron chi connectivity index (χ0n) is 19.1. The molecule has 0 fully saturated rings. The smallest absolute Gasteiger partial charge is 0.223 e. The summed E-state index contributed by atoms with van der Waals surface area (Å²) in [6, 6.07) is 15.8. The highest BCUT2D eigenvalue weighted by molar-refractivity contribution is 6.31. The Balaban J connectivity index is 0.000000569. The molecule has 0 saturated carbocycles. The number of amides is 1. The first-order valence-corrected chi connectivity index (χ1v) is 12.6. The fourth-order valence-corrected chi connectivity index (χ4v) is 4.12. The summed E-state index contributed by atoms with van der Waals surface area (Å²) < 4.78 is 0. The molecule has 0 spiro atoms. The van der Waals surface area contributed by atoms with E-state index in [9.17, 15) is 4.79 Å². The van der Waals surface area contributed by atoms with Gasteiger partial charge in [0.25, 0.3) is 0 Å². The number of allylic oxidation sites excluding steroid dienone is 5. The summed E-state index contributed by atoms with van der Waals surface area (Å²) >= 11 is 17.8. The monoisotopic (exact) mass is 503 g/mol. The van der Waals surface area contributed by atoms with E-state index >= 15 is 0 Å². The fourth-order valence-electron chi connectivity index (χ4n) is 3.73. The molecule has 2 nitrogen and oxygen atoms in total. The van der Waals surface area contributed by atoms with Gasteiger partial charge in [-0.15, -0.1) is 18.2 Å². The molecule has 1 aliphatic carbocycles. The molecule has 0 radical (unpaired) electrons. The van der Waals surface area contributed by atoms with Crippen LogP contribution in [0.25, 0.3) is 11.1 Å². The van der Waals surface area contributed by atoms with Crippen LogP contribution in [0.2, 0.25) is 10.0 Å². The molecule has 2 aromatic carbocycles. The average Bonchev–Trinajstić information content (AvgIpc) is 2.84. The van der Waals surface area contributed by atoms with Crippen molar-refractivity contribution in [2.24, 2.45) is 5.92 Å². The SMILES string of the molecule is C=CC/C=C\C.O=C(NCCCCl)C1CCC(c2ccc(Cl)cc2)=C(c2ccc(Cl)cc2)C1. The van der Waals surface area contributed by atoms with Crippen LogP contribution in [0.15, 0.2) is 73.3 Å². The van der Waals surface area contributed by atoms with Gasteiger partial charge in [0.15, 0.2) is 0 Å². The van der Waals surface area contributed by atoms with Crippen molar-refractivity contribution in [2.45, 2.75) is 39.0 Å². The summed E-state index contributed by atoms with van der Waals surface area (Å²) in [5, 5.41) is 4.44. The van der Waals surface area contributed by atoms with Crippen molar-refractivity contribution in [1.29, 1.82) is 0 Å². The van der Waals surface area contributed by atoms with Crippen LogP contribution in [-0.2, 0) is 4.79 Å². The molecule has 1 atom stereocenters. The Hall–Kier alpha value is -2.00. The first-order chi connectivity index (χ1) is 16.0. The predicted octanol–water partition coefficient (Wildman–Crippen LogP) is 8.59. The predicted molar refractivity (Wildman–Crippen MR) is 145 cm³/mol. The standard InChI is InChI=1S/C22H22Cl3NO.C6H10/c23-12-1-13-26-22(27)17-6-11-20(15-2-7-18(24)8-3-15)21(14-17)16-4-9-19(25)10-5-16;1-3-5-6-4-2/h2-5,7-10,17H,1,6,11-14H2,(H,26,27);3-4,6H,1,5H2,2H3/b;6-4-. The summed E-state index contributed by atoms with van der Waals surface area (Å²) in [5.74, 6) is 0.644. The van der Waals surface area contributed by atoms with Crippen LogP contribution in [0.5, 0.6) is 0 Å². The molecule has 3 rings (SSSR count). The molecule has 1 N–H and O–H groups in total. The van der Waals surface area contributed by atoms with E-state index in [4.69, 9.17) is 34.8 Å². The highest BCUT2D eigenvalue weighted by Crippen LogP contribution is 2.41. The second-order valence-electron chi connectivity index (χ2n) is 7.84. The lowest BCUT2D eigenvalue weighted by atomic mass is 9.78. The van der Waals surface area contributed by atoms with Crippen molar-refractivity contribution in [2.75, 3.05) is 12.4 Å². The molecule has 2 aromatic rings. The summed E-state index contributed by atoms with van der Waals surface area (Å²) in [5.41, 5.74) is 4.75. The molecule has 1 aliphatic rings.